The van der Waals surface area contributed by atoms with E-state index in [1.165, 1.54) is 12.4 Å². The highest BCUT2D eigenvalue weighted by Crippen LogP contribution is 2.28. The molecule has 1 heterocycles. The summed E-state index contributed by atoms with van der Waals surface area (Å²) in [5.41, 5.74) is 5.57. The van der Waals surface area contributed by atoms with Crippen molar-refractivity contribution >= 4 is 17.6 Å². The Morgan fingerprint density at radius 3 is 2.56 bits per heavy atom. The first-order valence-electron chi connectivity index (χ1n) is 5.80. The molecule has 1 aliphatic rings. The van der Waals surface area contributed by atoms with E-state index < -0.39 is 0 Å². The van der Waals surface area contributed by atoms with Crippen molar-refractivity contribution in [2.75, 3.05) is 18.8 Å². The Morgan fingerprint density at radius 1 is 1.22 bits per heavy atom. The van der Waals surface area contributed by atoms with Gasteiger partial charge in [-0.05, 0) is 12.8 Å². The number of hydrogen-bond donors (Lipinski definition) is 3. The van der Waals surface area contributed by atoms with Crippen LogP contribution in [0.2, 0.25) is 0 Å². The lowest BCUT2D eigenvalue weighted by Gasteiger charge is -2.06. The molecule has 7 nitrogen and oxygen atoms in total. The Kier molecular flexibility index (Phi) is 3.71. The normalized spacial score (nSPS) is 14.0. The van der Waals surface area contributed by atoms with E-state index in [4.69, 9.17) is 5.73 Å². The quantitative estimate of drug-likeness (QED) is 0.598. The summed E-state index contributed by atoms with van der Waals surface area (Å²) < 4.78 is 0. The van der Waals surface area contributed by atoms with Gasteiger partial charge in [0.25, 0.3) is 5.91 Å². The lowest BCUT2D eigenvalue weighted by molar-refractivity contribution is -0.122. The maximum atomic E-state index is 11.6. The van der Waals surface area contributed by atoms with Gasteiger partial charge in [0.15, 0.2) is 0 Å². The van der Waals surface area contributed by atoms with Crippen LogP contribution >= 0.6 is 0 Å². The number of nitrogens with two attached hydrogens (primary N) is 1. The summed E-state index contributed by atoms with van der Waals surface area (Å²) in [4.78, 5) is 30.5. The molecule has 1 aromatic heterocycles. The Balaban J connectivity index is 1.68. The third kappa shape index (κ3) is 3.41. The number of anilines is 1. The molecule has 96 valence electrons. The predicted octanol–water partition coefficient (Wildman–Crippen LogP) is -0.685. The van der Waals surface area contributed by atoms with Crippen molar-refractivity contribution in [3.05, 3.63) is 18.1 Å². The number of carbonyl (C=O) groups excluding carboxylic acids is 2. The molecule has 0 aliphatic heterocycles. The first-order valence-corrected chi connectivity index (χ1v) is 5.80. The molecule has 1 fully saturated rings. The van der Waals surface area contributed by atoms with Gasteiger partial charge in [-0.25, -0.2) is 9.97 Å². The summed E-state index contributed by atoms with van der Waals surface area (Å²) >= 11 is 0. The van der Waals surface area contributed by atoms with Gasteiger partial charge in [0.1, 0.15) is 11.5 Å². The summed E-state index contributed by atoms with van der Waals surface area (Å²) in [5, 5.41) is 5.39. The SMILES string of the molecule is Nc1cnc(C(=O)NCCNC(=O)C2CC2)cn1. The van der Waals surface area contributed by atoms with Crippen LogP contribution in [-0.4, -0.2) is 34.9 Å². The highest BCUT2D eigenvalue weighted by atomic mass is 16.2. The Hall–Kier alpha value is -2.18. The number of aromatic nitrogens is 2. The van der Waals surface area contributed by atoms with Crippen LogP contribution in [0.4, 0.5) is 5.82 Å². The average molecular weight is 249 g/mol. The first kappa shape index (κ1) is 12.3. The summed E-state index contributed by atoms with van der Waals surface area (Å²) in [6.45, 7) is 0.785. The molecule has 1 saturated carbocycles. The summed E-state index contributed by atoms with van der Waals surface area (Å²) in [6.07, 6.45) is 4.58. The maximum absolute atomic E-state index is 11.6. The van der Waals surface area contributed by atoms with E-state index in [1.54, 1.807) is 0 Å². The molecule has 0 spiro atoms. The number of rotatable bonds is 5. The largest absolute Gasteiger partial charge is 0.382 e. The van der Waals surface area contributed by atoms with Crippen molar-refractivity contribution in [2.45, 2.75) is 12.8 Å². The van der Waals surface area contributed by atoms with Crippen LogP contribution in [0.5, 0.6) is 0 Å². The lowest BCUT2D eigenvalue weighted by atomic mass is 10.4. The summed E-state index contributed by atoms with van der Waals surface area (Å²) in [5.74, 6) is 0.187. The topological polar surface area (TPSA) is 110 Å². The minimum atomic E-state index is -0.330. The van der Waals surface area contributed by atoms with E-state index >= 15 is 0 Å². The van der Waals surface area contributed by atoms with Crippen LogP contribution < -0.4 is 16.4 Å². The van der Waals surface area contributed by atoms with Gasteiger partial charge >= 0.3 is 0 Å². The molecular weight excluding hydrogens is 234 g/mol. The molecule has 0 unspecified atom stereocenters. The molecule has 0 bridgehead atoms. The van der Waals surface area contributed by atoms with E-state index in [0.29, 0.717) is 13.1 Å². The van der Waals surface area contributed by atoms with Crippen LogP contribution in [0.25, 0.3) is 0 Å². The van der Waals surface area contributed by atoms with E-state index in [2.05, 4.69) is 20.6 Å². The Bertz CT molecular complexity index is 441. The average Bonchev–Trinajstić information content (AvgIpc) is 3.19. The second-order valence-electron chi connectivity index (χ2n) is 4.15. The molecule has 2 rings (SSSR count). The van der Waals surface area contributed by atoms with E-state index in [-0.39, 0.29) is 29.2 Å². The van der Waals surface area contributed by atoms with Crippen molar-refractivity contribution in [3.63, 3.8) is 0 Å². The monoisotopic (exact) mass is 249 g/mol. The van der Waals surface area contributed by atoms with Gasteiger partial charge in [-0.3, -0.25) is 9.59 Å². The molecule has 0 aromatic carbocycles. The number of nitrogens with zero attached hydrogens (tertiary/aromatic N) is 2. The lowest BCUT2D eigenvalue weighted by Crippen LogP contribution is -2.35. The molecule has 4 N–H and O–H groups in total. The van der Waals surface area contributed by atoms with Crippen molar-refractivity contribution in [1.82, 2.24) is 20.6 Å². The maximum Gasteiger partial charge on any atom is 0.271 e. The molecule has 0 atom stereocenters. The summed E-state index contributed by atoms with van der Waals surface area (Å²) in [6, 6.07) is 0. The van der Waals surface area contributed by atoms with E-state index in [9.17, 15) is 9.59 Å². The van der Waals surface area contributed by atoms with Gasteiger partial charge in [-0.1, -0.05) is 0 Å². The van der Waals surface area contributed by atoms with Crippen molar-refractivity contribution < 1.29 is 9.59 Å². The van der Waals surface area contributed by atoms with Gasteiger partial charge in [0, 0.05) is 19.0 Å². The van der Waals surface area contributed by atoms with Gasteiger partial charge < -0.3 is 16.4 Å². The van der Waals surface area contributed by atoms with E-state index in [0.717, 1.165) is 12.8 Å². The molecule has 7 heteroatoms. The van der Waals surface area contributed by atoms with Crippen LogP contribution in [0, 0.1) is 5.92 Å². The van der Waals surface area contributed by atoms with Gasteiger partial charge in [0.2, 0.25) is 5.91 Å². The third-order valence-corrected chi connectivity index (χ3v) is 2.56. The minimum Gasteiger partial charge on any atom is -0.382 e. The Labute approximate surface area is 104 Å². The third-order valence-electron chi connectivity index (χ3n) is 2.56. The standard InChI is InChI=1S/C11H15N5O2/c12-9-6-15-8(5-16-9)11(18)14-4-3-13-10(17)7-1-2-7/h5-7H,1-4H2,(H2,12,16)(H,13,17)(H,14,18). The molecule has 2 amide bonds. The van der Waals surface area contributed by atoms with Crippen LogP contribution in [0.1, 0.15) is 23.3 Å². The number of carbonyl (C=O) groups is 2. The number of nitrogens with one attached hydrogen (secondary N) is 2. The van der Waals surface area contributed by atoms with Crippen LogP contribution in [0.3, 0.4) is 0 Å². The second kappa shape index (κ2) is 5.44. The van der Waals surface area contributed by atoms with Crippen molar-refractivity contribution in [3.8, 4) is 0 Å². The number of hydrogen-bond acceptors (Lipinski definition) is 5. The molecule has 0 saturated heterocycles. The molecular formula is C11H15N5O2. The second-order valence-corrected chi connectivity index (χ2v) is 4.15. The van der Waals surface area contributed by atoms with Gasteiger partial charge in [-0.2, -0.15) is 0 Å². The van der Waals surface area contributed by atoms with Crippen LogP contribution in [-0.2, 0) is 4.79 Å². The van der Waals surface area contributed by atoms with Gasteiger partial charge in [0.05, 0.1) is 12.4 Å². The van der Waals surface area contributed by atoms with Crippen LogP contribution in [0.15, 0.2) is 12.4 Å². The molecule has 18 heavy (non-hydrogen) atoms. The molecule has 1 aromatic rings. The fourth-order valence-electron chi connectivity index (χ4n) is 1.40. The zero-order valence-electron chi connectivity index (χ0n) is 9.85. The number of nitrogen functional groups attached to an aromatic ring is 1. The van der Waals surface area contributed by atoms with E-state index in [1.807, 2.05) is 0 Å². The fraction of sp³-hybridized carbons (Fsp3) is 0.455. The minimum absolute atomic E-state index is 0.0662. The zero-order chi connectivity index (χ0) is 13.0. The number of amides is 2. The zero-order valence-corrected chi connectivity index (χ0v) is 9.85. The Morgan fingerprint density at radius 2 is 1.94 bits per heavy atom. The highest BCUT2D eigenvalue weighted by Gasteiger charge is 2.28. The first-order chi connectivity index (χ1) is 8.66. The van der Waals surface area contributed by atoms with Gasteiger partial charge in [-0.15, -0.1) is 0 Å². The van der Waals surface area contributed by atoms with Crippen molar-refractivity contribution in [1.29, 1.82) is 0 Å². The fourth-order valence-corrected chi connectivity index (χ4v) is 1.40. The molecule has 1 aliphatic carbocycles. The smallest absolute Gasteiger partial charge is 0.271 e. The summed E-state index contributed by atoms with van der Waals surface area (Å²) in [7, 11) is 0. The molecule has 0 radical (unpaired) electrons. The predicted molar refractivity (Wildman–Crippen MR) is 64.5 cm³/mol. The highest BCUT2D eigenvalue weighted by molar-refractivity contribution is 5.92. The van der Waals surface area contributed by atoms with Crippen molar-refractivity contribution in [2.24, 2.45) is 5.92 Å².